The molecule has 1 fully saturated rings. The number of hydrogen-bond donors (Lipinski definition) is 1. The maximum absolute atomic E-state index is 13.0. The molecule has 2 aliphatic rings. The number of nitrogens with zero attached hydrogens (tertiary/aromatic N) is 1. The molecule has 0 saturated carbocycles. The van der Waals surface area contributed by atoms with Crippen molar-refractivity contribution in [3.05, 3.63) is 53.6 Å². The summed E-state index contributed by atoms with van der Waals surface area (Å²) in [4.78, 5) is 27.8. The van der Waals surface area contributed by atoms with Gasteiger partial charge >= 0.3 is 0 Å². The lowest BCUT2D eigenvalue weighted by molar-refractivity contribution is -0.121. The van der Waals surface area contributed by atoms with Crippen LogP contribution < -0.4 is 14.8 Å². The zero-order valence-corrected chi connectivity index (χ0v) is 17.5. The number of rotatable bonds is 5. The third-order valence-electron chi connectivity index (χ3n) is 5.94. The predicted molar refractivity (Wildman–Crippen MR) is 115 cm³/mol. The van der Waals surface area contributed by atoms with E-state index in [0.29, 0.717) is 30.3 Å². The van der Waals surface area contributed by atoms with Crippen LogP contribution >= 0.6 is 0 Å². The lowest BCUT2D eigenvalue weighted by Gasteiger charge is -2.34. The highest BCUT2D eigenvalue weighted by molar-refractivity contribution is 5.98. The minimum atomic E-state index is -0.240. The van der Waals surface area contributed by atoms with Crippen molar-refractivity contribution in [2.75, 3.05) is 31.6 Å². The number of nitrogens with one attached hydrogen (secondary N) is 1. The van der Waals surface area contributed by atoms with Crippen molar-refractivity contribution in [3.63, 3.8) is 0 Å². The SMILES string of the molecule is Cc1cccc(NC(=O)C(C)N2CCC(C(=O)c3ccc4c(c3)OCCO4)CC2)c1. The molecule has 6 nitrogen and oxygen atoms in total. The molecule has 1 N–H and O–H groups in total. The maximum Gasteiger partial charge on any atom is 0.241 e. The third kappa shape index (κ3) is 4.49. The molecule has 2 heterocycles. The van der Waals surface area contributed by atoms with Crippen LogP contribution in [0.1, 0.15) is 35.7 Å². The summed E-state index contributed by atoms with van der Waals surface area (Å²) in [5, 5.41) is 3.00. The van der Waals surface area contributed by atoms with Crippen LogP contribution in [0.25, 0.3) is 0 Å². The Balaban J connectivity index is 1.33. The molecule has 0 radical (unpaired) electrons. The normalized spacial score (nSPS) is 17.9. The van der Waals surface area contributed by atoms with Crippen LogP contribution in [0.4, 0.5) is 5.69 Å². The van der Waals surface area contributed by atoms with E-state index in [9.17, 15) is 9.59 Å². The van der Waals surface area contributed by atoms with E-state index >= 15 is 0 Å². The molecule has 30 heavy (non-hydrogen) atoms. The van der Waals surface area contributed by atoms with E-state index in [1.54, 1.807) is 6.07 Å². The molecule has 2 aromatic carbocycles. The summed E-state index contributed by atoms with van der Waals surface area (Å²) < 4.78 is 11.1. The molecular formula is C24H28N2O4. The Morgan fingerprint density at radius 2 is 1.77 bits per heavy atom. The van der Waals surface area contributed by atoms with Gasteiger partial charge in [-0.25, -0.2) is 0 Å². The summed E-state index contributed by atoms with van der Waals surface area (Å²) >= 11 is 0. The van der Waals surface area contributed by atoms with Gasteiger partial charge in [-0.05, 0) is 75.7 Å². The number of fused-ring (bicyclic) bond motifs is 1. The second-order valence-electron chi connectivity index (χ2n) is 8.07. The molecule has 0 spiro atoms. The number of carbonyl (C=O) groups is 2. The number of benzene rings is 2. The number of ketones is 1. The largest absolute Gasteiger partial charge is 0.486 e. The van der Waals surface area contributed by atoms with Gasteiger partial charge in [0.05, 0.1) is 6.04 Å². The fourth-order valence-corrected chi connectivity index (χ4v) is 4.12. The molecule has 1 saturated heterocycles. The molecule has 0 aliphatic carbocycles. The number of ether oxygens (including phenoxy) is 2. The molecule has 158 valence electrons. The molecule has 0 aromatic heterocycles. The van der Waals surface area contributed by atoms with Crippen LogP contribution in [-0.4, -0.2) is 48.9 Å². The van der Waals surface area contributed by atoms with Gasteiger partial charge < -0.3 is 14.8 Å². The maximum atomic E-state index is 13.0. The summed E-state index contributed by atoms with van der Waals surface area (Å²) in [6, 6.07) is 13.0. The van der Waals surface area contributed by atoms with Gasteiger partial charge in [-0.1, -0.05) is 12.1 Å². The van der Waals surface area contributed by atoms with Gasteiger partial charge in [0.25, 0.3) is 0 Å². The summed E-state index contributed by atoms with van der Waals surface area (Å²) in [5.41, 5.74) is 2.59. The standard InChI is InChI=1S/C24H28N2O4/c1-16-4-3-5-20(14-16)25-24(28)17(2)26-10-8-18(9-11-26)23(27)19-6-7-21-22(15-19)30-13-12-29-21/h3-7,14-15,17-18H,8-13H2,1-2H3,(H,25,28). The van der Waals surface area contributed by atoms with Crippen LogP contribution in [0.3, 0.4) is 0 Å². The second kappa shape index (κ2) is 8.88. The minimum Gasteiger partial charge on any atom is -0.486 e. The topological polar surface area (TPSA) is 67.9 Å². The van der Waals surface area contributed by atoms with Crippen LogP contribution in [0.2, 0.25) is 0 Å². The number of carbonyl (C=O) groups excluding carboxylic acids is 2. The van der Waals surface area contributed by atoms with Crippen LogP contribution in [0.15, 0.2) is 42.5 Å². The molecule has 2 aromatic rings. The Bertz CT molecular complexity index is 935. The number of likely N-dealkylation sites (tertiary alicyclic amines) is 1. The summed E-state index contributed by atoms with van der Waals surface area (Å²) in [6.07, 6.45) is 1.49. The van der Waals surface area contributed by atoms with Crippen LogP contribution in [-0.2, 0) is 4.79 Å². The molecule has 1 unspecified atom stereocenters. The molecule has 1 atom stereocenters. The Hall–Kier alpha value is -2.86. The molecule has 1 amide bonds. The van der Waals surface area contributed by atoms with E-state index in [-0.39, 0.29) is 23.7 Å². The lowest BCUT2D eigenvalue weighted by atomic mass is 9.88. The Morgan fingerprint density at radius 1 is 1.03 bits per heavy atom. The van der Waals surface area contributed by atoms with Crippen molar-refractivity contribution in [2.24, 2.45) is 5.92 Å². The highest BCUT2D eigenvalue weighted by atomic mass is 16.6. The monoisotopic (exact) mass is 408 g/mol. The van der Waals surface area contributed by atoms with Crippen LogP contribution in [0.5, 0.6) is 11.5 Å². The molecule has 0 bridgehead atoms. The zero-order chi connectivity index (χ0) is 21.1. The molecule has 2 aliphatic heterocycles. The first-order chi connectivity index (χ1) is 14.5. The van der Waals surface area contributed by atoms with Gasteiger partial charge in [-0.15, -0.1) is 0 Å². The smallest absolute Gasteiger partial charge is 0.241 e. The first kappa shape index (κ1) is 20.4. The van der Waals surface area contributed by atoms with E-state index in [2.05, 4.69) is 10.2 Å². The van der Waals surface area contributed by atoms with Crippen molar-refractivity contribution in [2.45, 2.75) is 32.7 Å². The quantitative estimate of drug-likeness (QED) is 0.765. The van der Waals surface area contributed by atoms with Crippen molar-refractivity contribution in [1.82, 2.24) is 4.90 Å². The average molecular weight is 408 g/mol. The summed E-state index contributed by atoms with van der Waals surface area (Å²) in [5.74, 6) is 1.43. The first-order valence-corrected chi connectivity index (χ1v) is 10.6. The molecule has 6 heteroatoms. The number of Topliss-reactive ketones (excluding diaryl/α,β-unsaturated/α-hetero) is 1. The zero-order valence-electron chi connectivity index (χ0n) is 17.5. The highest BCUT2D eigenvalue weighted by Gasteiger charge is 2.30. The van der Waals surface area contributed by atoms with Gasteiger partial charge in [0.1, 0.15) is 13.2 Å². The van der Waals surface area contributed by atoms with Crippen molar-refractivity contribution >= 4 is 17.4 Å². The number of piperidine rings is 1. The number of anilines is 1. The van der Waals surface area contributed by atoms with E-state index in [0.717, 1.165) is 37.2 Å². The van der Waals surface area contributed by atoms with E-state index in [1.165, 1.54) is 0 Å². The van der Waals surface area contributed by atoms with Gasteiger partial charge in [0.15, 0.2) is 17.3 Å². The van der Waals surface area contributed by atoms with Crippen molar-refractivity contribution < 1.29 is 19.1 Å². The fourth-order valence-electron chi connectivity index (χ4n) is 4.12. The van der Waals surface area contributed by atoms with Crippen molar-refractivity contribution in [3.8, 4) is 11.5 Å². The number of hydrogen-bond acceptors (Lipinski definition) is 5. The Morgan fingerprint density at radius 3 is 2.50 bits per heavy atom. The van der Waals surface area contributed by atoms with E-state index in [4.69, 9.17) is 9.47 Å². The average Bonchev–Trinajstić information content (AvgIpc) is 2.78. The van der Waals surface area contributed by atoms with Gasteiger partial charge in [0.2, 0.25) is 5.91 Å². The molecule has 4 rings (SSSR count). The minimum absolute atomic E-state index is 0.0165. The summed E-state index contributed by atoms with van der Waals surface area (Å²) in [7, 11) is 0. The number of aryl methyl sites for hydroxylation is 1. The second-order valence-corrected chi connectivity index (χ2v) is 8.07. The Kier molecular flexibility index (Phi) is 6.04. The summed E-state index contributed by atoms with van der Waals surface area (Å²) in [6.45, 7) is 6.42. The van der Waals surface area contributed by atoms with Gasteiger partial charge in [-0.3, -0.25) is 14.5 Å². The van der Waals surface area contributed by atoms with E-state index in [1.807, 2.05) is 50.2 Å². The lowest BCUT2D eigenvalue weighted by Crippen LogP contribution is -2.47. The Labute approximate surface area is 177 Å². The van der Waals surface area contributed by atoms with E-state index < -0.39 is 0 Å². The molecular weight excluding hydrogens is 380 g/mol. The van der Waals surface area contributed by atoms with Gasteiger partial charge in [-0.2, -0.15) is 0 Å². The highest BCUT2D eigenvalue weighted by Crippen LogP contribution is 2.32. The fraction of sp³-hybridized carbons (Fsp3) is 0.417. The van der Waals surface area contributed by atoms with Crippen molar-refractivity contribution in [1.29, 1.82) is 0 Å². The van der Waals surface area contributed by atoms with Crippen LogP contribution in [0, 0.1) is 12.8 Å². The predicted octanol–water partition coefficient (Wildman–Crippen LogP) is 3.69. The van der Waals surface area contributed by atoms with Gasteiger partial charge in [0, 0.05) is 17.2 Å². The number of amides is 1. The first-order valence-electron chi connectivity index (χ1n) is 10.6. The third-order valence-corrected chi connectivity index (χ3v) is 5.94.